The number of hydrogen-bond donors (Lipinski definition) is 1. The third-order valence-electron chi connectivity index (χ3n) is 3.32. The third-order valence-corrected chi connectivity index (χ3v) is 3.63. The van der Waals surface area contributed by atoms with Crippen molar-refractivity contribution in [1.82, 2.24) is 9.88 Å². The molecule has 5 heteroatoms. The molecule has 1 fully saturated rings. The summed E-state index contributed by atoms with van der Waals surface area (Å²) in [6, 6.07) is 1.59. The highest BCUT2D eigenvalue weighted by molar-refractivity contribution is 6.33. The van der Waals surface area contributed by atoms with Gasteiger partial charge in [0.1, 0.15) is 0 Å². The number of aromatic nitrogens is 1. The Kier molecular flexibility index (Phi) is 4.19. The van der Waals surface area contributed by atoms with Gasteiger partial charge in [0.2, 0.25) is 0 Å². The normalized spacial score (nSPS) is 19.9. The molecule has 0 radical (unpaired) electrons. The number of nitrogens with zero attached hydrogens (tertiary/aromatic N) is 2. The van der Waals surface area contributed by atoms with E-state index >= 15 is 0 Å². The lowest BCUT2D eigenvalue weighted by molar-refractivity contribution is 0.0503. The SMILES string of the molecule is Cc1cc(Cl)c(C(=O)N2CCCCC2CO)cn1. The Labute approximate surface area is 112 Å². The van der Waals surface area contributed by atoms with Gasteiger partial charge in [-0.25, -0.2) is 0 Å². The van der Waals surface area contributed by atoms with E-state index in [1.165, 1.54) is 6.20 Å². The maximum Gasteiger partial charge on any atom is 0.257 e. The first-order valence-corrected chi connectivity index (χ1v) is 6.55. The van der Waals surface area contributed by atoms with Crippen LogP contribution in [0.15, 0.2) is 12.3 Å². The highest BCUT2D eigenvalue weighted by Crippen LogP contribution is 2.23. The first-order chi connectivity index (χ1) is 8.63. The summed E-state index contributed by atoms with van der Waals surface area (Å²) in [4.78, 5) is 18.2. The molecular formula is C13H17ClN2O2. The first-order valence-electron chi connectivity index (χ1n) is 6.17. The molecule has 1 unspecified atom stereocenters. The van der Waals surface area contributed by atoms with Crippen molar-refractivity contribution in [3.63, 3.8) is 0 Å². The molecule has 1 aromatic heterocycles. The van der Waals surface area contributed by atoms with Crippen LogP contribution < -0.4 is 0 Å². The number of hydrogen-bond acceptors (Lipinski definition) is 3. The average Bonchev–Trinajstić information content (AvgIpc) is 2.38. The van der Waals surface area contributed by atoms with Crippen LogP contribution in [0.25, 0.3) is 0 Å². The summed E-state index contributed by atoms with van der Waals surface area (Å²) in [6.07, 6.45) is 4.39. The number of piperidine rings is 1. The number of amides is 1. The maximum atomic E-state index is 12.4. The van der Waals surface area contributed by atoms with Crippen molar-refractivity contribution in [1.29, 1.82) is 0 Å². The predicted octanol–water partition coefficient (Wildman–Crippen LogP) is 2.03. The molecule has 18 heavy (non-hydrogen) atoms. The van der Waals surface area contributed by atoms with E-state index in [2.05, 4.69) is 4.98 Å². The largest absolute Gasteiger partial charge is 0.394 e. The van der Waals surface area contributed by atoms with Crippen LogP contribution in [0.1, 0.15) is 35.3 Å². The highest BCUT2D eigenvalue weighted by Gasteiger charge is 2.28. The van der Waals surface area contributed by atoms with Crippen LogP contribution in [0, 0.1) is 6.92 Å². The Morgan fingerprint density at radius 2 is 2.39 bits per heavy atom. The number of rotatable bonds is 2. The molecule has 1 amide bonds. The molecule has 0 aliphatic carbocycles. The second-order valence-electron chi connectivity index (χ2n) is 4.64. The van der Waals surface area contributed by atoms with Crippen LogP contribution in [0.2, 0.25) is 5.02 Å². The van der Waals surface area contributed by atoms with E-state index in [0.29, 0.717) is 17.1 Å². The van der Waals surface area contributed by atoms with Crippen LogP contribution in [0.3, 0.4) is 0 Å². The van der Waals surface area contributed by atoms with Crippen LogP contribution in [0.4, 0.5) is 0 Å². The number of carbonyl (C=O) groups is 1. The van der Waals surface area contributed by atoms with E-state index in [1.54, 1.807) is 11.0 Å². The Morgan fingerprint density at radius 3 is 3.06 bits per heavy atom. The second-order valence-corrected chi connectivity index (χ2v) is 5.04. The van der Waals surface area contributed by atoms with E-state index in [-0.39, 0.29) is 18.6 Å². The molecule has 0 aromatic carbocycles. The zero-order valence-corrected chi connectivity index (χ0v) is 11.2. The monoisotopic (exact) mass is 268 g/mol. The van der Waals surface area contributed by atoms with Crippen LogP contribution in [-0.2, 0) is 0 Å². The van der Waals surface area contributed by atoms with Gasteiger partial charge in [0, 0.05) is 18.4 Å². The minimum atomic E-state index is -0.133. The summed E-state index contributed by atoms with van der Waals surface area (Å²) in [7, 11) is 0. The molecule has 1 atom stereocenters. The van der Waals surface area contributed by atoms with Gasteiger partial charge < -0.3 is 10.0 Å². The van der Waals surface area contributed by atoms with Crippen molar-refractivity contribution in [2.24, 2.45) is 0 Å². The lowest BCUT2D eigenvalue weighted by Crippen LogP contribution is -2.45. The molecule has 0 saturated carbocycles. The van der Waals surface area contributed by atoms with Crippen molar-refractivity contribution in [3.05, 3.63) is 28.5 Å². The molecule has 98 valence electrons. The average molecular weight is 269 g/mol. The van der Waals surface area contributed by atoms with Gasteiger partial charge in [-0.05, 0) is 32.3 Å². The van der Waals surface area contributed by atoms with E-state index in [9.17, 15) is 9.90 Å². The smallest absolute Gasteiger partial charge is 0.257 e. The summed E-state index contributed by atoms with van der Waals surface area (Å²) >= 11 is 6.08. The zero-order chi connectivity index (χ0) is 13.1. The fourth-order valence-electron chi connectivity index (χ4n) is 2.30. The molecular weight excluding hydrogens is 252 g/mol. The summed E-state index contributed by atoms with van der Waals surface area (Å²) in [5.41, 5.74) is 1.21. The van der Waals surface area contributed by atoms with Crippen molar-refractivity contribution >= 4 is 17.5 Å². The topological polar surface area (TPSA) is 53.4 Å². The number of aliphatic hydroxyl groups excluding tert-OH is 1. The fraction of sp³-hybridized carbons (Fsp3) is 0.538. The lowest BCUT2D eigenvalue weighted by atomic mass is 10.0. The summed E-state index contributed by atoms with van der Waals surface area (Å²) in [5, 5.41) is 9.75. The number of aryl methyl sites for hydroxylation is 1. The van der Waals surface area contributed by atoms with Gasteiger partial charge in [-0.3, -0.25) is 9.78 Å². The van der Waals surface area contributed by atoms with Gasteiger partial charge in [-0.15, -0.1) is 0 Å². The van der Waals surface area contributed by atoms with E-state index in [1.807, 2.05) is 6.92 Å². The van der Waals surface area contributed by atoms with Crippen molar-refractivity contribution < 1.29 is 9.90 Å². The van der Waals surface area contributed by atoms with E-state index < -0.39 is 0 Å². The Hall–Kier alpha value is -1.13. The molecule has 0 spiro atoms. The van der Waals surface area contributed by atoms with Gasteiger partial charge >= 0.3 is 0 Å². The van der Waals surface area contributed by atoms with Gasteiger partial charge in [0.05, 0.1) is 23.2 Å². The maximum absolute atomic E-state index is 12.4. The molecule has 1 aliphatic rings. The number of carbonyl (C=O) groups excluding carboxylic acids is 1. The molecule has 1 aliphatic heterocycles. The van der Waals surface area contributed by atoms with Crippen molar-refractivity contribution in [2.45, 2.75) is 32.2 Å². The number of aliphatic hydroxyl groups is 1. The van der Waals surface area contributed by atoms with Crippen molar-refractivity contribution in [2.75, 3.05) is 13.2 Å². The number of likely N-dealkylation sites (tertiary alicyclic amines) is 1. The zero-order valence-electron chi connectivity index (χ0n) is 10.4. The van der Waals surface area contributed by atoms with Crippen LogP contribution in [-0.4, -0.2) is 40.1 Å². The predicted molar refractivity (Wildman–Crippen MR) is 69.7 cm³/mol. The summed E-state index contributed by atoms with van der Waals surface area (Å²) in [5.74, 6) is -0.133. The van der Waals surface area contributed by atoms with Gasteiger partial charge in [0.15, 0.2) is 0 Å². The molecule has 2 heterocycles. The second kappa shape index (κ2) is 5.67. The van der Waals surface area contributed by atoms with Crippen LogP contribution >= 0.6 is 11.6 Å². The Morgan fingerprint density at radius 1 is 1.61 bits per heavy atom. The minimum absolute atomic E-state index is 0.00263. The van der Waals surface area contributed by atoms with E-state index in [4.69, 9.17) is 11.6 Å². The minimum Gasteiger partial charge on any atom is -0.394 e. The van der Waals surface area contributed by atoms with Gasteiger partial charge in [0.25, 0.3) is 5.91 Å². The third kappa shape index (κ3) is 2.65. The van der Waals surface area contributed by atoms with Crippen molar-refractivity contribution in [3.8, 4) is 0 Å². The fourth-order valence-corrected chi connectivity index (χ4v) is 2.58. The number of halogens is 1. The lowest BCUT2D eigenvalue weighted by Gasteiger charge is -2.34. The molecule has 4 nitrogen and oxygen atoms in total. The molecule has 2 rings (SSSR count). The molecule has 1 saturated heterocycles. The molecule has 1 aromatic rings. The van der Waals surface area contributed by atoms with Gasteiger partial charge in [-0.1, -0.05) is 11.6 Å². The Bertz CT molecular complexity index is 451. The van der Waals surface area contributed by atoms with Crippen LogP contribution in [0.5, 0.6) is 0 Å². The molecule has 0 bridgehead atoms. The Balaban J connectivity index is 2.24. The summed E-state index contributed by atoms with van der Waals surface area (Å²) < 4.78 is 0. The summed E-state index contributed by atoms with van der Waals surface area (Å²) in [6.45, 7) is 2.51. The van der Waals surface area contributed by atoms with E-state index in [0.717, 1.165) is 25.0 Å². The molecule has 1 N–H and O–H groups in total. The number of pyridine rings is 1. The highest BCUT2D eigenvalue weighted by atomic mass is 35.5. The quantitative estimate of drug-likeness (QED) is 0.893. The first kappa shape index (κ1) is 13.3. The standard InChI is InChI=1S/C13H17ClN2O2/c1-9-6-12(14)11(7-15-9)13(18)16-5-3-2-4-10(16)8-17/h6-7,10,17H,2-5,8H2,1H3. The van der Waals surface area contributed by atoms with Gasteiger partial charge in [-0.2, -0.15) is 0 Å².